The summed E-state index contributed by atoms with van der Waals surface area (Å²) in [5.74, 6) is 0.0667. The van der Waals surface area contributed by atoms with Gasteiger partial charge < -0.3 is 14.7 Å². The van der Waals surface area contributed by atoms with Gasteiger partial charge in [-0.1, -0.05) is 35.3 Å². The lowest BCUT2D eigenvalue weighted by Crippen LogP contribution is -2.32. The normalized spacial score (nSPS) is 17.4. The van der Waals surface area contributed by atoms with Crippen LogP contribution in [-0.4, -0.2) is 49.4 Å². The van der Waals surface area contributed by atoms with Gasteiger partial charge in [-0.2, -0.15) is 13.1 Å². The largest absolute Gasteiger partial charge is 0.350 e. The van der Waals surface area contributed by atoms with Gasteiger partial charge in [-0.05, 0) is 48.0 Å². The van der Waals surface area contributed by atoms with Crippen molar-refractivity contribution in [2.75, 3.05) is 31.0 Å². The summed E-state index contributed by atoms with van der Waals surface area (Å²) < 4.78 is 28.8. The highest BCUT2D eigenvalue weighted by Crippen LogP contribution is 2.38. The van der Waals surface area contributed by atoms with E-state index in [4.69, 9.17) is 33.0 Å². The topological polar surface area (TPSA) is 102 Å². The Morgan fingerprint density at radius 3 is 2.55 bits per heavy atom. The van der Waals surface area contributed by atoms with Crippen LogP contribution in [0.25, 0.3) is 0 Å². The molecule has 0 aliphatic carbocycles. The molecule has 1 unspecified atom stereocenters. The Hall–Kier alpha value is -0.960. The Bertz CT molecular complexity index is 974. The first-order valence-corrected chi connectivity index (χ1v) is 12.5. The SMILES string of the molecule is CN1Cc2c(Cl)cc(Cl)cc2C(c2ccc(NS(=O)(=O)NCCP(O)O)cc2)C1. The Morgan fingerprint density at radius 1 is 1.21 bits per heavy atom. The summed E-state index contributed by atoms with van der Waals surface area (Å²) in [6, 6.07) is 10.8. The van der Waals surface area contributed by atoms with Crippen molar-refractivity contribution in [1.29, 1.82) is 0 Å². The highest BCUT2D eigenvalue weighted by atomic mass is 35.5. The molecule has 0 bridgehead atoms. The van der Waals surface area contributed by atoms with E-state index in [9.17, 15) is 8.42 Å². The van der Waals surface area contributed by atoms with Crippen LogP contribution in [-0.2, 0) is 16.8 Å². The zero-order valence-electron chi connectivity index (χ0n) is 15.6. The molecule has 3 rings (SSSR count). The summed E-state index contributed by atoms with van der Waals surface area (Å²) in [5.41, 5.74) is 3.57. The fourth-order valence-corrected chi connectivity index (χ4v) is 5.31. The first-order chi connectivity index (χ1) is 13.6. The van der Waals surface area contributed by atoms with Crippen LogP contribution in [0.3, 0.4) is 0 Å². The van der Waals surface area contributed by atoms with Crippen molar-refractivity contribution in [2.45, 2.75) is 12.5 Å². The fourth-order valence-electron chi connectivity index (χ4n) is 3.39. The van der Waals surface area contributed by atoms with E-state index >= 15 is 0 Å². The molecule has 0 saturated heterocycles. The van der Waals surface area contributed by atoms with Gasteiger partial charge in [0.2, 0.25) is 0 Å². The van der Waals surface area contributed by atoms with Crippen molar-refractivity contribution < 1.29 is 18.2 Å². The number of likely N-dealkylation sites (N-methyl/N-ethyl adjacent to an activating group) is 1. The van der Waals surface area contributed by atoms with Crippen LogP contribution in [0.2, 0.25) is 10.0 Å². The maximum Gasteiger partial charge on any atom is 0.299 e. The van der Waals surface area contributed by atoms with E-state index in [1.54, 1.807) is 18.2 Å². The first kappa shape index (κ1) is 22.7. The number of halogens is 2. The molecule has 158 valence electrons. The van der Waals surface area contributed by atoms with Crippen molar-refractivity contribution in [3.8, 4) is 0 Å². The number of anilines is 1. The zero-order chi connectivity index (χ0) is 21.2. The minimum atomic E-state index is -3.79. The van der Waals surface area contributed by atoms with Gasteiger partial charge in [0.1, 0.15) is 0 Å². The minimum absolute atomic E-state index is 0.0328. The van der Waals surface area contributed by atoms with Gasteiger partial charge >= 0.3 is 0 Å². The van der Waals surface area contributed by atoms with Gasteiger partial charge in [0.05, 0.1) is 0 Å². The molecule has 2 aromatic carbocycles. The number of nitrogens with zero attached hydrogens (tertiary/aromatic N) is 1. The molecule has 0 saturated carbocycles. The molecular formula is C18H22Cl2N3O4PS. The predicted molar refractivity (Wildman–Crippen MR) is 118 cm³/mol. The van der Waals surface area contributed by atoms with Crippen LogP contribution in [0.1, 0.15) is 22.6 Å². The highest BCUT2D eigenvalue weighted by molar-refractivity contribution is 7.90. The van der Waals surface area contributed by atoms with Gasteiger partial charge in [-0.3, -0.25) is 4.72 Å². The standard InChI is InChI=1S/C18H22Cl2N3O4PS/c1-23-10-16(15-8-13(19)9-18(20)17(15)11-23)12-2-4-14(5-3-12)22-29(26,27)21-6-7-28(24)25/h2-5,8-9,16,21-22,24-25H,6-7,10-11H2,1H3. The molecule has 0 amide bonds. The molecule has 1 atom stereocenters. The summed E-state index contributed by atoms with van der Waals surface area (Å²) in [4.78, 5) is 19.9. The van der Waals surface area contributed by atoms with E-state index in [0.717, 1.165) is 29.8 Å². The smallest absolute Gasteiger partial charge is 0.299 e. The minimum Gasteiger partial charge on any atom is -0.350 e. The molecule has 0 spiro atoms. The van der Waals surface area contributed by atoms with Crippen LogP contribution in [0.5, 0.6) is 0 Å². The monoisotopic (exact) mass is 477 g/mol. The predicted octanol–water partition coefficient (Wildman–Crippen LogP) is 3.11. The lowest BCUT2D eigenvalue weighted by molar-refractivity contribution is 0.295. The van der Waals surface area contributed by atoms with Gasteiger partial charge in [0.25, 0.3) is 10.2 Å². The fraction of sp³-hybridized carbons (Fsp3) is 0.333. The quantitative estimate of drug-likeness (QED) is 0.459. The Labute approximate surface area is 181 Å². The van der Waals surface area contributed by atoms with E-state index in [1.807, 2.05) is 25.2 Å². The molecule has 4 N–H and O–H groups in total. The van der Waals surface area contributed by atoms with E-state index < -0.39 is 18.6 Å². The third kappa shape index (κ3) is 6.03. The average Bonchev–Trinajstić information content (AvgIpc) is 2.62. The molecule has 0 aromatic heterocycles. The van der Waals surface area contributed by atoms with Crippen molar-refractivity contribution >= 4 is 47.5 Å². The lowest BCUT2D eigenvalue weighted by Gasteiger charge is -2.33. The molecule has 2 aromatic rings. The van der Waals surface area contributed by atoms with Crippen molar-refractivity contribution in [1.82, 2.24) is 9.62 Å². The lowest BCUT2D eigenvalue weighted by atomic mass is 9.85. The number of hydrogen-bond donors (Lipinski definition) is 4. The second-order valence-electron chi connectivity index (χ2n) is 6.92. The second-order valence-corrected chi connectivity index (χ2v) is 10.5. The van der Waals surface area contributed by atoms with Gasteiger partial charge in [-0.25, -0.2) is 0 Å². The van der Waals surface area contributed by atoms with Gasteiger partial charge in [-0.15, -0.1) is 0 Å². The summed E-state index contributed by atoms with van der Waals surface area (Å²) in [6.45, 7) is 1.48. The Morgan fingerprint density at radius 2 is 1.90 bits per heavy atom. The number of nitrogens with one attached hydrogen (secondary N) is 2. The number of fused-ring (bicyclic) bond motifs is 1. The van der Waals surface area contributed by atoms with E-state index in [1.165, 1.54) is 0 Å². The van der Waals surface area contributed by atoms with Crippen LogP contribution < -0.4 is 9.44 Å². The van der Waals surface area contributed by atoms with E-state index in [0.29, 0.717) is 15.7 Å². The van der Waals surface area contributed by atoms with E-state index in [2.05, 4.69) is 14.3 Å². The van der Waals surface area contributed by atoms with Gasteiger partial charge in [0, 0.05) is 47.4 Å². The molecule has 29 heavy (non-hydrogen) atoms. The maximum absolute atomic E-state index is 12.0. The molecule has 1 aliphatic heterocycles. The molecule has 1 aliphatic rings. The summed E-state index contributed by atoms with van der Waals surface area (Å²) >= 11 is 12.6. The Kier molecular flexibility index (Phi) is 7.41. The number of hydrogen-bond acceptors (Lipinski definition) is 5. The summed E-state index contributed by atoms with van der Waals surface area (Å²) in [6.07, 6.45) is -0.0328. The highest BCUT2D eigenvalue weighted by Gasteiger charge is 2.27. The van der Waals surface area contributed by atoms with Crippen LogP contribution in [0.15, 0.2) is 36.4 Å². The Balaban J connectivity index is 1.77. The third-order valence-electron chi connectivity index (χ3n) is 4.66. The van der Waals surface area contributed by atoms with Crippen molar-refractivity contribution in [2.24, 2.45) is 0 Å². The third-order valence-corrected chi connectivity index (χ3v) is 6.93. The summed E-state index contributed by atoms with van der Waals surface area (Å²) in [5, 5.41) is 1.24. The van der Waals surface area contributed by atoms with Crippen molar-refractivity contribution in [3.63, 3.8) is 0 Å². The summed E-state index contributed by atoms with van der Waals surface area (Å²) in [7, 11) is -3.90. The number of benzene rings is 2. The maximum atomic E-state index is 12.0. The van der Waals surface area contributed by atoms with E-state index in [-0.39, 0.29) is 18.6 Å². The molecule has 7 nitrogen and oxygen atoms in total. The number of rotatable bonds is 7. The second kappa shape index (κ2) is 9.45. The van der Waals surface area contributed by atoms with Crippen LogP contribution in [0, 0.1) is 0 Å². The van der Waals surface area contributed by atoms with Gasteiger partial charge in [0.15, 0.2) is 8.38 Å². The molecule has 0 radical (unpaired) electrons. The molecule has 0 fully saturated rings. The van der Waals surface area contributed by atoms with Crippen molar-refractivity contribution in [3.05, 3.63) is 63.1 Å². The zero-order valence-corrected chi connectivity index (χ0v) is 18.9. The molecule has 11 heteroatoms. The first-order valence-electron chi connectivity index (χ1n) is 8.83. The average molecular weight is 478 g/mol. The van der Waals surface area contributed by atoms with Crippen LogP contribution >= 0.6 is 31.6 Å². The van der Waals surface area contributed by atoms with Crippen LogP contribution in [0.4, 0.5) is 5.69 Å². The molecule has 1 heterocycles. The molecular weight excluding hydrogens is 456 g/mol.